The fourth-order valence-electron chi connectivity index (χ4n) is 3.29. The number of nitrogens with one attached hydrogen (secondary N) is 1. The summed E-state index contributed by atoms with van der Waals surface area (Å²) in [6.07, 6.45) is 0. The highest BCUT2D eigenvalue weighted by molar-refractivity contribution is 9.10. The molecule has 1 unspecified atom stereocenters. The molecule has 1 aromatic heterocycles. The minimum Gasteiger partial charge on any atom is -0.354 e. The standard InChI is InChI=1S/C22H15BrN2/c23-19-12-6-4-10-16(19)18(14-24)21-17-11-5-7-13-20(17)25-22(21)15-8-2-1-3-9-15/h1-13,18,25H. The van der Waals surface area contributed by atoms with Crippen molar-refractivity contribution in [2.45, 2.75) is 5.92 Å². The minimum absolute atomic E-state index is 0.359. The maximum atomic E-state index is 10.0. The van der Waals surface area contributed by atoms with E-state index in [1.54, 1.807) is 0 Å². The van der Waals surface area contributed by atoms with Gasteiger partial charge in [0.05, 0.1) is 17.7 Å². The number of halogens is 1. The number of fused-ring (bicyclic) bond motifs is 1. The largest absolute Gasteiger partial charge is 0.354 e. The fraction of sp³-hybridized carbons (Fsp3) is 0.0455. The molecule has 25 heavy (non-hydrogen) atoms. The molecule has 3 aromatic carbocycles. The summed E-state index contributed by atoms with van der Waals surface area (Å²) in [4.78, 5) is 3.52. The Labute approximate surface area is 154 Å². The summed E-state index contributed by atoms with van der Waals surface area (Å²) in [6, 6.07) is 28.8. The van der Waals surface area contributed by atoms with Crippen molar-refractivity contribution in [3.8, 4) is 17.3 Å². The van der Waals surface area contributed by atoms with Crippen molar-refractivity contribution in [3.05, 3.63) is 94.5 Å². The van der Waals surface area contributed by atoms with E-state index in [4.69, 9.17) is 0 Å². The van der Waals surface area contributed by atoms with Gasteiger partial charge in [-0.2, -0.15) is 5.26 Å². The van der Waals surface area contributed by atoms with Crippen LogP contribution < -0.4 is 0 Å². The Morgan fingerprint density at radius 1 is 0.840 bits per heavy atom. The molecule has 0 saturated carbocycles. The third kappa shape index (κ3) is 2.75. The molecule has 0 radical (unpaired) electrons. The van der Waals surface area contributed by atoms with Gasteiger partial charge < -0.3 is 4.98 Å². The first kappa shape index (κ1) is 15.7. The second-order valence-corrected chi connectivity index (χ2v) is 6.76. The molecule has 0 amide bonds. The van der Waals surface area contributed by atoms with Crippen LogP contribution in [0.25, 0.3) is 22.2 Å². The molecule has 0 fully saturated rings. The topological polar surface area (TPSA) is 39.6 Å². The van der Waals surface area contributed by atoms with Crippen LogP contribution in [0.4, 0.5) is 0 Å². The summed E-state index contributed by atoms with van der Waals surface area (Å²) in [5.41, 5.74) is 5.14. The molecule has 120 valence electrons. The summed E-state index contributed by atoms with van der Waals surface area (Å²) in [5, 5.41) is 11.1. The summed E-state index contributed by atoms with van der Waals surface area (Å²) in [7, 11) is 0. The first-order chi connectivity index (χ1) is 12.3. The van der Waals surface area contributed by atoms with Crippen LogP contribution in [0.15, 0.2) is 83.3 Å². The molecule has 0 aliphatic carbocycles. The van der Waals surface area contributed by atoms with Gasteiger partial charge in [0, 0.05) is 20.9 Å². The summed E-state index contributed by atoms with van der Waals surface area (Å²) >= 11 is 3.61. The number of aromatic nitrogens is 1. The summed E-state index contributed by atoms with van der Waals surface area (Å²) < 4.78 is 0.950. The normalized spacial score (nSPS) is 12.0. The molecule has 1 N–H and O–H groups in total. The lowest BCUT2D eigenvalue weighted by Crippen LogP contribution is -2.00. The fourth-order valence-corrected chi connectivity index (χ4v) is 3.81. The zero-order valence-corrected chi connectivity index (χ0v) is 15.0. The van der Waals surface area contributed by atoms with Crippen molar-refractivity contribution in [1.29, 1.82) is 5.26 Å². The van der Waals surface area contributed by atoms with Gasteiger partial charge in [0.2, 0.25) is 0 Å². The average molecular weight is 387 g/mol. The number of rotatable bonds is 3. The van der Waals surface area contributed by atoms with Crippen molar-refractivity contribution < 1.29 is 0 Å². The number of benzene rings is 3. The molecule has 2 nitrogen and oxygen atoms in total. The Bertz CT molecular complexity index is 1070. The van der Waals surface area contributed by atoms with Crippen molar-refractivity contribution in [2.75, 3.05) is 0 Å². The Morgan fingerprint density at radius 3 is 2.28 bits per heavy atom. The first-order valence-electron chi connectivity index (χ1n) is 8.09. The summed E-state index contributed by atoms with van der Waals surface area (Å²) in [5.74, 6) is -0.359. The van der Waals surface area contributed by atoms with E-state index in [0.717, 1.165) is 37.8 Å². The van der Waals surface area contributed by atoms with Crippen LogP contribution in [-0.4, -0.2) is 4.98 Å². The highest BCUT2D eigenvalue weighted by Gasteiger charge is 2.24. The first-order valence-corrected chi connectivity index (χ1v) is 8.89. The van der Waals surface area contributed by atoms with Crippen LogP contribution in [0, 0.1) is 11.3 Å². The van der Waals surface area contributed by atoms with Gasteiger partial charge >= 0.3 is 0 Å². The van der Waals surface area contributed by atoms with Gasteiger partial charge in [-0.3, -0.25) is 0 Å². The molecule has 0 spiro atoms. The molecule has 0 saturated heterocycles. The second-order valence-electron chi connectivity index (χ2n) is 5.91. The van der Waals surface area contributed by atoms with Gasteiger partial charge in [0.25, 0.3) is 0 Å². The van der Waals surface area contributed by atoms with E-state index in [9.17, 15) is 5.26 Å². The number of nitrogens with zero attached hydrogens (tertiary/aromatic N) is 1. The number of hydrogen-bond acceptors (Lipinski definition) is 1. The lowest BCUT2D eigenvalue weighted by molar-refractivity contribution is 1.04. The molecule has 0 bridgehead atoms. The van der Waals surface area contributed by atoms with Crippen molar-refractivity contribution >= 4 is 26.8 Å². The molecule has 4 aromatic rings. The Balaban J connectivity index is 2.03. The van der Waals surface area contributed by atoms with Crippen LogP contribution in [0.2, 0.25) is 0 Å². The Morgan fingerprint density at radius 2 is 1.52 bits per heavy atom. The van der Waals surface area contributed by atoms with E-state index in [1.807, 2.05) is 54.6 Å². The lowest BCUT2D eigenvalue weighted by Gasteiger charge is -2.14. The van der Waals surface area contributed by atoms with E-state index in [0.29, 0.717) is 0 Å². The van der Waals surface area contributed by atoms with Crippen LogP contribution in [0.1, 0.15) is 17.0 Å². The molecule has 0 aliphatic heterocycles. The van der Waals surface area contributed by atoms with Crippen LogP contribution in [0.3, 0.4) is 0 Å². The van der Waals surface area contributed by atoms with E-state index >= 15 is 0 Å². The van der Waals surface area contributed by atoms with E-state index in [-0.39, 0.29) is 5.92 Å². The van der Waals surface area contributed by atoms with Crippen molar-refractivity contribution in [3.63, 3.8) is 0 Å². The predicted molar refractivity (Wildman–Crippen MR) is 105 cm³/mol. The smallest absolute Gasteiger partial charge is 0.1000 e. The Kier molecular flexibility index (Phi) is 4.13. The molecule has 4 rings (SSSR count). The molecule has 0 aliphatic rings. The molecule has 1 atom stereocenters. The van der Waals surface area contributed by atoms with Crippen LogP contribution in [-0.2, 0) is 0 Å². The van der Waals surface area contributed by atoms with Crippen LogP contribution in [0.5, 0.6) is 0 Å². The number of aromatic amines is 1. The van der Waals surface area contributed by atoms with Crippen molar-refractivity contribution in [1.82, 2.24) is 4.98 Å². The van der Waals surface area contributed by atoms with E-state index in [2.05, 4.69) is 51.2 Å². The predicted octanol–water partition coefficient (Wildman–Crippen LogP) is 6.25. The molecule has 3 heteroatoms. The number of hydrogen-bond donors (Lipinski definition) is 1. The third-order valence-corrected chi connectivity index (χ3v) is 5.16. The maximum Gasteiger partial charge on any atom is 0.1000 e. The van der Waals surface area contributed by atoms with Gasteiger partial charge in [0.15, 0.2) is 0 Å². The number of nitriles is 1. The van der Waals surface area contributed by atoms with Gasteiger partial charge in [-0.1, -0.05) is 82.7 Å². The summed E-state index contributed by atoms with van der Waals surface area (Å²) in [6.45, 7) is 0. The van der Waals surface area contributed by atoms with Gasteiger partial charge in [0.1, 0.15) is 0 Å². The van der Waals surface area contributed by atoms with Gasteiger partial charge in [-0.15, -0.1) is 0 Å². The van der Waals surface area contributed by atoms with Crippen LogP contribution >= 0.6 is 15.9 Å². The number of H-pyrrole nitrogens is 1. The molecule has 1 heterocycles. The monoisotopic (exact) mass is 386 g/mol. The zero-order chi connectivity index (χ0) is 17.2. The second kappa shape index (κ2) is 6.58. The quantitative estimate of drug-likeness (QED) is 0.443. The van der Waals surface area contributed by atoms with E-state index in [1.165, 1.54) is 0 Å². The lowest BCUT2D eigenvalue weighted by atomic mass is 9.88. The maximum absolute atomic E-state index is 10.0. The average Bonchev–Trinajstić information content (AvgIpc) is 3.04. The molecular formula is C22H15BrN2. The highest BCUT2D eigenvalue weighted by atomic mass is 79.9. The van der Waals surface area contributed by atoms with E-state index < -0.39 is 0 Å². The zero-order valence-electron chi connectivity index (χ0n) is 13.4. The van der Waals surface area contributed by atoms with Gasteiger partial charge in [-0.25, -0.2) is 0 Å². The highest BCUT2D eigenvalue weighted by Crippen LogP contribution is 2.40. The molecular weight excluding hydrogens is 372 g/mol. The van der Waals surface area contributed by atoms with Crippen molar-refractivity contribution in [2.24, 2.45) is 0 Å². The van der Waals surface area contributed by atoms with Gasteiger partial charge in [-0.05, 0) is 23.3 Å². The minimum atomic E-state index is -0.359. The Hall–Kier alpha value is -2.83. The SMILES string of the molecule is N#CC(c1ccccc1Br)c1c(-c2ccccc2)[nH]c2ccccc12. The third-order valence-electron chi connectivity index (χ3n) is 4.44. The number of para-hydroxylation sites is 1.